The summed E-state index contributed by atoms with van der Waals surface area (Å²) in [5.74, 6) is -0.784. The molecule has 0 saturated heterocycles. The van der Waals surface area contributed by atoms with Gasteiger partial charge in [-0.2, -0.15) is 4.31 Å². The Labute approximate surface area is 175 Å². The van der Waals surface area contributed by atoms with Crippen LogP contribution in [0.4, 0.5) is 11.5 Å². The summed E-state index contributed by atoms with van der Waals surface area (Å²) >= 11 is 0. The first-order valence-corrected chi connectivity index (χ1v) is 11.3. The number of nitrogens with one attached hydrogen (secondary N) is 1. The number of benzene rings is 1. The second-order valence-corrected chi connectivity index (χ2v) is 9.07. The van der Waals surface area contributed by atoms with Gasteiger partial charge in [0.2, 0.25) is 15.9 Å². The minimum atomic E-state index is -3.62. The van der Waals surface area contributed by atoms with Gasteiger partial charge >= 0.3 is 5.69 Å². The van der Waals surface area contributed by atoms with Gasteiger partial charge in [-0.25, -0.2) is 13.2 Å². The van der Waals surface area contributed by atoms with Crippen molar-refractivity contribution in [2.45, 2.75) is 32.9 Å². The smallest absolute Gasteiger partial charge is 0.330 e. The molecule has 0 atom stereocenters. The molecule has 0 aliphatic carbocycles. The summed E-state index contributed by atoms with van der Waals surface area (Å²) in [7, 11) is -2.35. The lowest BCUT2D eigenvalue weighted by Crippen LogP contribution is -2.45. The SMILES string of the molecule is CCCCn1c(N)c(N(Cc2ccccc2)C(=O)CN(C)S(C)(=O)=O)c(=O)[nH]c1=O. The highest BCUT2D eigenvalue weighted by Crippen LogP contribution is 2.20. The van der Waals surface area contributed by atoms with Crippen LogP contribution in [0, 0.1) is 0 Å². The number of hydrogen-bond acceptors (Lipinski definition) is 6. The van der Waals surface area contributed by atoms with Crippen molar-refractivity contribution in [3.8, 4) is 0 Å². The minimum Gasteiger partial charge on any atom is -0.383 e. The van der Waals surface area contributed by atoms with E-state index in [9.17, 15) is 22.8 Å². The van der Waals surface area contributed by atoms with Crippen LogP contribution in [-0.2, 0) is 27.9 Å². The van der Waals surface area contributed by atoms with E-state index in [1.54, 1.807) is 30.3 Å². The Kier molecular flexibility index (Phi) is 7.57. The number of H-pyrrole nitrogens is 1. The first-order chi connectivity index (χ1) is 14.1. The summed E-state index contributed by atoms with van der Waals surface area (Å²) in [4.78, 5) is 41.2. The average Bonchev–Trinajstić information content (AvgIpc) is 2.66. The fraction of sp³-hybridized carbons (Fsp3) is 0.421. The van der Waals surface area contributed by atoms with Crippen LogP contribution in [0.3, 0.4) is 0 Å². The van der Waals surface area contributed by atoms with Gasteiger partial charge in [-0.3, -0.25) is 24.0 Å². The molecule has 2 aromatic rings. The molecule has 1 amide bonds. The Morgan fingerprint density at radius 1 is 1.20 bits per heavy atom. The summed E-state index contributed by atoms with van der Waals surface area (Å²) in [5, 5.41) is 0. The van der Waals surface area contributed by atoms with Crippen LogP contribution in [0.1, 0.15) is 25.3 Å². The summed E-state index contributed by atoms with van der Waals surface area (Å²) in [6.45, 7) is 1.72. The Morgan fingerprint density at radius 2 is 1.83 bits per heavy atom. The number of sulfonamides is 1. The maximum Gasteiger partial charge on any atom is 0.330 e. The molecule has 164 valence electrons. The van der Waals surface area contributed by atoms with Crippen LogP contribution in [0.15, 0.2) is 39.9 Å². The van der Waals surface area contributed by atoms with E-state index < -0.39 is 33.7 Å². The zero-order valence-electron chi connectivity index (χ0n) is 17.3. The van der Waals surface area contributed by atoms with Crippen LogP contribution in [-0.4, -0.2) is 48.0 Å². The number of carbonyl (C=O) groups excluding carboxylic acids is 1. The molecule has 10 nitrogen and oxygen atoms in total. The fourth-order valence-corrected chi connectivity index (χ4v) is 3.17. The van der Waals surface area contributed by atoms with Gasteiger partial charge in [0.1, 0.15) is 5.82 Å². The Bertz CT molecular complexity index is 1110. The van der Waals surface area contributed by atoms with E-state index in [0.29, 0.717) is 12.0 Å². The van der Waals surface area contributed by atoms with E-state index in [2.05, 4.69) is 4.98 Å². The number of carbonyl (C=O) groups is 1. The number of unbranched alkanes of at least 4 members (excludes halogenated alkanes) is 1. The number of hydrogen-bond donors (Lipinski definition) is 2. The number of aromatic nitrogens is 2. The zero-order chi connectivity index (χ0) is 22.5. The van der Waals surface area contributed by atoms with Gasteiger partial charge in [-0.15, -0.1) is 0 Å². The molecule has 0 aliphatic heterocycles. The number of anilines is 2. The molecule has 0 spiro atoms. The molecule has 0 unspecified atom stereocenters. The molecule has 0 fully saturated rings. The highest BCUT2D eigenvalue weighted by Gasteiger charge is 2.27. The van der Waals surface area contributed by atoms with E-state index in [1.165, 1.54) is 11.6 Å². The number of amides is 1. The van der Waals surface area contributed by atoms with Gasteiger partial charge < -0.3 is 5.73 Å². The summed E-state index contributed by atoms with van der Waals surface area (Å²) in [6, 6.07) is 8.88. The molecule has 0 radical (unpaired) electrons. The molecular weight excluding hydrogens is 410 g/mol. The monoisotopic (exact) mass is 437 g/mol. The van der Waals surface area contributed by atoms with Gasteiger partial charge in [-0.05, 0) is 12.0 Å². The number of aromatic amines is 1. The van der Waals surface area contributed by atoms with E-state index in [1.807, 2.05) is 6.92 Å². The van der Waals surface area contributed by atoms with Gasteiger partial charge in [0.25, 0.3) is 5.56 Å². The van der Waals surface area contributed by atoms with E-state index >= 15 is 0 Å². The minimum absolute atomic E-state index is 0.0173. The highest BCUT2D eigenvalue weighted by molar-refractivity contribution is 7.88. The van der Waals surface area contributed by atoms with Crippen LogP contribution >= 0.6 is 0 Å². The normalized spacial score (nSPS) is 11.6. The molecule has 30 heavy (non-hydrogen) atoms. The van der Waals surface area contributed by atoms with E-state index in [4.69, 9.17) is 5.73 Å². The van der Waals surface area contributed by atoms with Gasteiger partial charge in [0, 0.05) is 13.6 Å². The van der Waals surface area contributed by atoms with Crippen molar-refractivity contribution < 1.29 is 13.2 Å². The average molecular weight is 438 g/mol. The summed E-state index contributed by atoms with van der Waals surface area (Å²) < 4.78 is 25.6. The topological polar surface area (TPSA) is 139 Å². The Morgan fingerprint density at radius 3 is 2.40 bits per heavy atom. The molecule has 0 aliphatic rings. The Balaban J connectivity index is 2.57. The van der Waals surface area contributed by atoms with E-state index in [0.717, 1.165) is 21.9 Å². The Hall–Kier alpha value is -2.92. The second kappa shape index (κ2) is 9.72. The lowest BCUT2D eigenvalue weighted by Gasteiger charge is -2.26. The number of nitrogens with zero attached hydrogens (tertiary/aromatic N) is 3. The largest absolute Gasteiger partial charge is 0.383 e. The summed E-state index contributed by atoms with van der Waals surface area (Å²) in [5.41, 5.74) is 5.21. The van der Waals surface area contributed by atoms with Crippen LogP contribution in [0.5, 0.6) is 0 Å². The lowest BCUT2D eigenvalue weighted by molar-refractivity contribution is -0.118. The van der Waals surface area contributed by atoms with E-state index in [-0.39, 0.29) is 24.6 Å². The van der Waals surface area contributed by atoms with Gasteiger partial charge in [0.15, 0.2) is 5.69 Å². The van der Waals surface area contributed by atoms with Crippen molar-refractivity contribution in [1.82, 2.24) is 13.9 Å². The molecule has 0 saturated carbocycles. The van der Waals surface area contributed by atoms with Crippen LogP contribution in [0.25, 0.3) is 0 Å². The number of rotatable bonds is 9. The van der Waals surface area contributed by atoms with Gasteiger partial charge in [0.05, 0.1) is 19.3 Å². The van der Waals surface area contributed by atoms with Crippen LogP contribution < -0.4 is 21.9 Å². The predicted molar refractivity (Wildman–Crippen MR) is 116 cm³/mol. The van der Waals surface area contributed by atoms with Crippen molar-refractivity contribution in [1.29, 1.82) is 0 Å². The second-order valence-electron chi connectivity index (χ2n) is 6.98. The lowest BCUT2D eigenvalue weighted by atomic mass is 10.2. The quantitative estimate of drug-likeness (QED) is 0.580. The van der Waals surface area contributed by atoms with Crippen molar-refractivity contribution >= 4 is 27.4 Å². The molecule has 2 rings (SSSR count). The highest BCUT2D eigenvalue weighted by atomic mass is 32.2. The first kappa shape index (κ1) is 23.4. The van der Waals surface area contributed by atoms with Gasteiger partial charge in [-0.1, -0.05) is 43.7 Å². The van der Waals surface area contributed by atoms with Crippen molar-refractivity contribution in [3.05, 3.63) is 56.7 Å². The molecule has 1 aromatic heterocycles. The number of likely N-dealkylation sites (N-methyl/N-ethyl adjacent to an activating group) is 1. The maximum atomic E-state index is 13.0. The fourth-order valence-electron chi connectivity index (χ4n) is 2.83. The van der Waals surface area contributed by atoms with Crippen LogP contribution in [0.2, 0.25) is 0 Å². The molecule has 11 heteroatoms. The van der Waals surface area contributed by atoms with Crippen molar-refractivity contribution in [3.63, 3.8) is 0 Å². The zero-order valence-corrected chi connectivity index (χ0v) is 18.1. The molecule has 0 bridgehead atoms. The van der Waals surface area contributed by atoms with Crippen molar-refractivity contribution in [2.75, 3.05) is 30.5 Å². The predicted octanol–water partition coefficient (Wildman–Crippen LogP) is 0.344. The maximum absolute atomic E-state index is 13.0. The standard InChI is InChI=1S/C19H27N5O5S/c1-4-5-11-23-17(20)16(18(26)21-19(23)27)24(12-14-9-7-6-8-10-14)15(25)13-22(2)30(3,28)29/h6-10H,4-5,11-13,20H2,1-3H3,(H,21,26,27). The molecule has 1 aromatic carbocycles. The first-order valence-electron chi connectivity index (χ1n) is 9.44. The third-order valence-electron chi connectivity index (χ3n) is 4.63. The molecule has 1 heterocycles. The molecular formula is C19H27N5O5S. The summed E-state index contributed by atoms with van der Waals surface area (Å²) in [6.07, 6.45) is 2.43. The number of nitrogen functional groups attached to an aromatic ring is 1. The molecule has 3 N–H and O–H groups in total. The third-order valence-corrected chi connectivity index (χ3v) is 5.89. The van der Waals surface area contributed by atoms with Crippen molar-refractivity contribution in [2.24, 2.45) is 0 Å². The number of nitrogens with two attached hydrogens (primary N) is 1. The third kappa shape index (κ3) is 5.57.